The van der Waals surface area contributed by atoms with Crippen LogP contribution >= 0.6 is 11.6 Å². The molecule has 1 aliphatic rings. The second-order valence-corrected chi connectivity index (χ2v) is 7.95. The summed E-state index contributed by atoms with van der Waals surface area (Å²) in [4.78, 5) is 46.2. The van der Waals surface area contributed by atoms with Crippen LogP contribution < -0.4 is 10.6 Å². The molecule has 2 heterocycles. The number of ether oxygens (including phenoxy) is 1. The van der Waals surface area contributed by atoms with Crippen LogP contribution in [-0.4, -0.2) is 52.9 Å². The molecule has 32 heavy (non-hydrogen) atoms. The third-order valence-electron chi connectivity index (χ3n) is 5.29. The van der Waals surface area contributed by atoms with Gasteiger partial charge in [0.25, 0.3) is 5.91 Å². The summed E-state index contributed by atoms with van der Waals surface area (Å²) < 4.78 is 4.69. The van der Waals surface area contributed by atoms with Crippen molar-refractivity contribution in [3.05, 3.63) is 58.4 Å². The fraction of sp³-hybridized carbons (Fsp3) is 0.273. The van der Waals surface area contributed by atoms with Crippen molar-refractivity contribution in [1.82, 2.24) is 20.2 Å². The number of esters is 1. The Balaban J connectivity index is 1.53. The second kappa shape index (κ2) is 8.88. The van der Waals surface area contributed by atoms with Gasteiger partial charge in [0.15, 0.2) is 0 Å². The summed E-state index contributed by atoms with van der Waals surface area (Å²) in [5, 5.41) is 6.16. The van der Waals surface area contributed by atoms with Gasteiger partial charge in [0.1, 0.15) is 11.9 Å². The van der Waals surface area contributed by atoms with E-state index in [1.54, 1.807) is 13.1 Å². The second-order valence-electron chi connectivity index (χ2n) is 7.55. The number of para-hydroxylation sites is 2. The number of amides is 2. The molecule has 2 amide bonds. The zero-order valence-corrected chi connectivity index (χ0v) is 18.3. The van der Waals surface area contributed by atoms with E-state index in [2.05, 4.69) is 25.3 Å². The van der Waals surface area contributed by atoms with Gasteiger partial charge in [0, 0.05) is 19.2 Å². The van der Waals surface area contributed by atoms with Crippen molar-refractivity contribution in [2.75, 3.05) is 19.5 Å². The summed E-state index contributed by atoms with van der Waals surface area (Å²) >= 11 is 6.46. The van der Waals surface area contributed by atoms with Gasteiger partial charge in [-0.25, -0.2) is 4.98 Å². The summed E-state index contributed by atoms with van der Waals surface area (Å²) in [5.41, 5.74) is 3.27. The number of benzene rings is 2. The van der Waals surface area contributed by atoms with E-state index in [9.17, 15) is 14.4 Å². The molecule has 0 saturated heterocycles. The molecule has 0 bridgehead atoms. The lowest BCUT2D eigenvalue weighted by Gasteiger charge is -2.19. The highest BCUT2D eigenvalue weighted by atomic mass is 35.5. The van der Waals surface area contributed by atoms with Crippen molar-refractivity contribution in [2.24, 2.45) is 0 Å². The molecule has 10 heteroatoms. The molecule has 2 aromatic carbocycles. The number of methoxy groups -OCH3 is 1. The highest BCUT2D eigenvalue weighted by Crippen LogP contribution is 2.32. The Morgan fingerprint density at radius 1 is 1.31 bits per heavy atom. The molecule has 1 aromatic heterocycles. The molecule has 0 radical (unpaired) electrons. The maximum absolute atomic E-state index is 12.8. The van der Waals surface area contributed by atoms with E-state index in [0.29, 0.717) is 22.6 Å². The molecule has 3 N–H and O–H groups in total. The Hall–Kier alpha value is -3.59. The normalized spacial score (nSPS) is 15.7. The first-order chi connectivity index (χ1) is 15.4. The number of halogens is 1. The van der Waals surface area contributed by atoms with Gasteiger partial charge in [-0.1, -0.05) is 23.7 Å². The molecule has 0 aliphatic carbocycles. The number of aromatic nitrogens is 2. The van der Waals surface area contributed by atoms with Gasteiger partial charge >= 0.3 is 5.97 Å². The van der Waals surface area contributed by atoms with Gasteiger partial charge in [-0.05, 0) is 29.8 Å². The van der Waals surface area contributed by atoms with E-state index in [1.807, 2.05) is 24.3 Å². The number of carbonyl (C=O) groups excluding carboxylic acids is 3. The first kappa shape index (κ1) is 21.6. The van der Waals surface area contributed by atoms with Crippen LogP contribution in [0.15, 0.2) is 36.4 Å². The highest BCUT2D eigenvalue weighted by molar-refractivity contribution is 6.34. The molecule has 3 aromatic rings. The van der Waals surface area contributed by atoms with Gasteiger partial charge < -0.3 is 25.3 Å². The molecular weight excluding hydrogens is 434 g/mol. The Labute approximate surface area is 189 Å². The number of H-pyrrole nitrogens is 1. The van der Waals surface area contributed by atoms with Gasteiger partial charge in [-0.2, -0.15) is 0 Å². The predicted octanol–water partition coefficient (Wildman–Crippen LogP) is 2.46. The highest BCUT2D eigenvalue weighted by Gasteiger charge is 2.31. The number of anilines is 1. The Kier molecular flexibility index (Phi) is 6.00. The van der Waals surface area contributed by atoms with E-state index in [0.717, 1.165) is 11.0 Å². The fourth-order valence-corrected chi connectivity index (χ4v) is 3.95. The van der Waals surface area contributed by atoms with Gasteiger partial charge in [-0.15, -0.1) is 0 Å². The number of nitrogens with zero attached hydrogens (tertiary/aromatic N) is 2. The van der Waals surface area contributed by atoms with Crippen LogP contribution in [0.5, 0.6) is 0 Å². The topological polar surface area (TPSA) is 116 Å². The smallest absolute Gasteiger partial charge is 0.308 e. The van der Waals surface area contributed by atoms with E-state index < -0.39 is 12.0 Å². The monoisotopic (exact) mass is 455 g/mol. The molecule has 4 rings (SSSR count). The van der Waals surface area contributed by atoms with Crippen molar-refractivity contribution in [3.63, 3.8) is 0 Å². The molecule has 1 aliphatic heterocycles. The van der Waals surface area contributed by atoms with E-state index >= 15 is 0 Å². The minimum absolute atomic E-state index is 0.130. The van der Waals surface area contributed by atoms with E-state index in [4.69, 9.17) is 11.6 Å². The minimum atomic E-state index is -0.807. The van der Waals surface area contributed by atoms with Gasteiger partial charge in [-0.3, -0.25) is 14.4 Å². The first-order valence-corrected chi connectivity index (χ1v) is 10.4. The first-order valence-electron chi connectivity index (χ1n) is 9.98. The van der Waals surface area contributed by atoms with Crippen LogP contribution in [0.1, 0.15) is 28.2 Å². The quantitative estimate of drug-likeness (QED) is 0.509. The zero-order chi connectivity index (χ0) is 22.8. The summed E-state index contributed by atoms with van der Waals surface area (Å²) in [6.07, 6.45) is -0.130. The number of imidazole rings is 1. The molecule has 9 nitrogen and oxygen atoms in total. The Morgan fingerprint density at radius 2 is 2.09 bits per heavy atom. The zero-order valence-electron chi connectivity index (χ0n) is 17.6. The average molecular weight is 456 g/mol. The maximum Gasteiger partial charge on any atom is 0.308 e. The van der Waals surface area contributed by atoms with Crippen molar-refractivity contribution < 1.29 is 19.1 Å². The number of aromatic amines is 1. The SMILES string of the molecule is COC(=O)CC1Nc2c(Cl)cc(C(=O)NCc3nc4ccccc4[nH]3)cc2CN(C)C1=O. The third-order valence-corrected chi connectivity index (χ3v) is 5.59. The molecule has 0 saturated carbocycles. The van der Waals surface area contributed by atoms with Gasteiger partial charge in [0.2, 0.25) is 5.91 Å². The van der Waals surface area contributed by atoms with Crippen molar-refractivity contribution in [3.8, 4) is 0 Å². The largest absolute Gasteiger partial charge is 0.469 e. The third kappa shape index (κ3) is 4.38. The van der Waals surface area contributed by atoms with E-state index in [-0.39, 0.29) is 36.3 Å². The molecule has 0 fully saturated rings. The van der Waals surface area contributed by atoms with Crippen LogP contribution in [0.2, 0.25) is 5.02 Å². The minimum Gasteiger partial charge on any atom is -0.469 e. The van der Waals surface area contributed by atoms with Crippen LogP contribution in [0.4, 0.5) is 5.69 Å². The molecular formula is C22H22ClN5O4. The summed E-state index contributed by atoms with van der Waals surface area (Å²) in [7, 11) is 2.90. The molecule has 1 unspecified atom stereocenters. The summed E-state index contributed by atoms with van der Waals surface area (Å²) in [5.74, 6) is -0.457. The van der Waals surface area contributed by atoms with Crippen LogP contribution in [-0.2, 0) is 27.4 Å². The lowest BCUT2D eigenvalue weighted by atomic mass is 10.1. The maximum atomic E-state index is 12.8. The average Bonchev–Trinajstić information content (AvgIpc) is 3.16. The fourth-order valence-electron chi connectivity index (χ4n) is 3.66. The standard InChI is InChI=1S/C22H22ClN5O4/c1-28-11-13-7-12(8-14(23)20(13)27-17(22(28)31)9-19(29)32-2)21(30)24-10-18-25-15-5-3-4-6-16(15)26-18/h3-8,17,27H,9-11H2,1-2H3,(H,24,30)(H,25,26). The number of likely N-dealkylation sites (N-methyl/N-ethyl adjacent to an activating group) is 1. The van der Waals surface area contributed by atoms with Gasteiger partial charge in [0.05, 0.1) is 41.8 Å². The lowest BCUT2D eigenvalue weighted by molar-refractivity contribution is -0.143. The molecule has 0 spiro atoms. The number of fused-ring (bicyclic) bond motifs is 2. The van der Waals surface area contributed by atoms with Crippen LogP contribution in [0.25, 0.3) is 11.0 Å². The van der Waals surface area contributed by atoms with Crippen LogP contribution in [0.3, 0.4) is 0 Å². The Bertz CT molecular complexity index is 1180. The predicted molar refractivity (Wildman–Crippen MR) is 119 cm³/mol. The number of hydrogen-bond acceptors (Lipinski definition) is 6. The van der Waals surface area contributed by atoms with E-state index in [1.165, 1.54) is 18.1 Å². The summed E-state index contributed by atoms with van der Waals surface area (Å²) in [6.45, 7) is 0.462. The van der Waals surface area contributed by atoms with Crippen LogP contribution in [0, 0.1) is 0 Å². The van der Waals surface area contributed by atoms with Crippen molar-refractivity contribution >= 4 is 46.1 Å². The number of rotatable bonds is 5. The number of nitrogens with one attached hydrogen (secondary N) is 3. The molecule has 1 atom stereocenters. The van der Waals surface area contributed by atoms with Crippen molar-refractivity contribution in [2.45, 2.75) is 25.6 Å². The number of carbonyl (C=O) groups is 3. The summed E-state index contributed by atoms with van der Waals surface area (Å²) in [6, 6.07) is 10.0. The van der Waals surface area contributed by atoms with Crippen molar-refractivity contribution in [1.29, 1.82) is 0 Å². The Morgan fingerprint density at radius 3 is 2.84 bits per heavy atom. The molecule has 166 valence electrons. The number of hydrogen-bond donors (Lipinski definition) is 3. The lowest BCUT2D eigenvalue weighted by Crippen LogP contribution is -2.39.